The summed E-state index contributed by atoms with van der Waals surface area (Å²) >= 11 is 0. The van der Waals surface area contributed by atoms with E-state index in [1.165, 1.54) is 16.7 Å². The van der Waals surface area contributed by atoms with Crippen LogP contribution in [0.3, 0.4) is 0 Å². The molecule has 0 saturated carbocycles. The van der Waals surface area contributed by atoms with Crippen molar-refractivity contribution in [2.24, 2.45) is 0 Å². The van der Waals surface area contributed by atoms with E-state index in [4.69, 9.17) is 4.74 Å². The molecule has 19 heavy (non-hydrogen) atoms. The highest BCUT2D eigenvalue weighted by molar-refractivity contribution is 5.83. The molecule has 0 heterocycles. The van der Waals surface area contributed by atoms with Crippen LogP contribution in [-0.2, 0) is 9.53 Å². The van der Waals surface area contributed by atoms with Crippen LogP contribution in [0.25, 0.3) is 5.57 Å². The third-order valence-corrected chi connectivity index (χ3v) is 3.26. The van der Waals surface area contributed by atoms with Crippen molar-refractivity contribution < 1.29 is 9.53 Å². The van der Waals surface area contributed by atoms with Gasteiger partial charge in [-0.25, -0.2) is 4.79 Å². The molecular weight excluding hydrogens is 236 g/mol. The van der Waals surface area contributed by atoms with Gasteiger partial charge in [-0.3, -0.25) is 0 Å². The number of carbonyl (C=O) groups is 1. The summed E-state index contributed by atoms with van der Waals surface area (Å²) in [4.78, 5) is 11.5. The minimum atomic E-state index is -0.216. The van der Waals surface area contributed by atoms with Crippen molar-refractivity contribution in [1.82, 2.24) is 0 Å². The number of esters is 1. The Morgan fingerprint density at radius 2 is 2.11 bits per heavy atom. The lowest BCUT2D eigenvalue weighted by atomic mass is 9.98. The van der Waals surface area contributed by atoms with Crippen molar-refractivity contribution in [1.29, 1.82) is 0 Å². The Labute approximate surface area is 114 Å². The largest absolute Gasteiger partial charge is 0.463 e. The zero-order valence-electron chi connectivity index (χ0n) is 11.4. The van der Waals surface area contributed by atoms with E-state index >= 15 is 0 Å². The fraction of sp³-hybridized carbons (Fsp3) is 0.353. The zero-order valence-corrected chi connectivity index (χ0v) is 11.4. The Kier molecular flexibility index (Phi) is 4.96. The molecule has 0 aliphatic heterocycles. The van der Waals surface area contributed by atoms with Gasteiger partial charge in [-0.2, -0.15) is 0 Å². The minimum absolute atomic E-state index is 0.216. The second-order valence-corrected chi connectivity index (χ2v) is 4.72. The van der Waals surface area contributed by atoms with Crippen LogP contribution in [-0.4, -0.2) is 12.6 Å². The molecule has 1 aliphatic rings. The van der Waals surface area contributed by atoms with Gasteiger partial charge in [0, 0.05) is 6.08 Å². The summed E-state index contributed by atoms with van der Waals surface area (Å²) in [5.41, 5.74) is 3.74. The molecule has 100 valence electrons. The second kappa shape index (κ2) is 6.93. The van der Waals surface area contributed by atoms with Gasteiger partial charge in [-0.1, -0.05) is 42.0 Å². The van der Waals surface area contributed by atoms with Crippen molar-refractivity contribution in [2.75, 3.05) is 6.61 Å². The summed E-state index contributed by atoms with van der Waals surface area (Å²) in [7, 11) is 0. The van der Waals surface area contributed by atoms with Crippen LogP contribution in [0.5, 0.6) is 0 Å². The summed E-state index contributed by atoms with van der Waals surface area (Å²) in [5, 5.41) is 0. The average molecular weight is 256 g/mol. The van der Waals surface area contributed by atoms with Crippen LogP contribution < -0.4 is 0 Å². The molecule has 1 aromatic carbocycles. The molecule has 0 fully saturated rings. The van der Waals surface area contributed by atoms with E-state index in [2.05, 4.69) is 30.3 Å². The molecule has 0 atom stereocenters. The van der Waals surface area contributed by atoms with E-state index in [-0.39, 0.29) is 5.97 Å². The number of hydrogen-bond acceptors (Lipinski definition) is 2. The molecule has 1 aromatic rings. The Balaban J connectivity index is 2.14. The lowest BCUT2D eigenvalue weighted by Crippen LogP contribution is -2.01. The first kappa shape index (κ1) is 13.6. The van der Waals surface area contributed by atoms with E-state index in [9.17, 15) is 4.79 Å². The third-order valence-electron chi connectivity index (χ3n) is 3.26. The highest BCUT2D eigenvalue weighted by Crippen LogP contribution is 2.29. The highest BCUT2D eigenvalue weighted by Gasteiger charge is 2.10. The highest BCUT2D eigenvalue weighted by atomic mass is 16.5. The molecule has 0 N–H and O–H groups in total. The van der Waals surface area contributed by atoms with Crippen LogP contribution in [0.4, 0.5) is 0 Å². The molecule has 0 saturated heterocycles. The predicted molar refractivity (Wildman–Crippen MR) is 77.6 cm³/mol. The molecule has 1 aliphatic carbocycles. The molecule has 0 unspecified atom stereocenters. The van der Waals surface area contributed by atoms with Crippen molar-refractivity contribution in [3.8, 4) is 0 Å². The third kappa shape index (κ3) is 4.09. The lowest BCUT2D eigenvalue weighted by Gasteiger charge is -2.08. The van der Waals surface area contributed by atoms with E-state index in [0.717, 1.165) is 25.7 Å². The summed E-state index contributed by atoms with van der Waals surface area (Å²) in [6.07, 6.45) is 7.97. The van der Waals surface area contributed by atoms with Crippen molar-refractivity contribution in [2.45, 2.75) is 32.6 Å². The van der Waals surface area contributed by atoms with Crippen molar-refractivity contribution in [3.05, 3.63) is 53.6 Å². The number of hydrogen-bond donors (Lipinski definition) is 0. The second-order valence-electron chi connectivity index (χ2n) is 4.72. The maximum Gasteiger partial charge on any atom is 0.330 e. The summed E-state index contributed by atoms with van der Waals surface area (Å²) < 4.78 is 4.99. The summed E-state index contributed by atoms with van der Waals surface area (Å²) in [6, 6.07) is 10.4. The van der Waals surface area contributed by atoms with Crippen molar-refractivity contribution in [3.63, 3.8) is 0 Å². The number of ether oxygens (including phenoxy) is 1. The van der Waals surface area contributed by atoms with Gasteiger partial charge in [-0.15, -0.1) is 0 Å². The quantitative estimate of drug-likeness (QED) is 0.600. The molecule has 2 heteroatoms. The maximum absolute atomic E-state index is 11.5. The van der Waals surface area contributed by atoms with Crippen LogP contribution in [0, 0.1) is 0 Å². The summed E-state index contributed by atoms with van der Waals surface area (Å²) in [5.74, 6) is -0.216. The van der Waals surface area contributed by atoms with E-state index < -0.39 is 0 Å². The van der Waals surface area contributed by atoms with E-state index in [1.807, 2.05) is 13.0 Å². The SMILES string of the molecule is CCOC(=O)/C=C1/CCCC=C(c2ccccc2)C1. The molecule has 0 spiro atoms. The van der Waals surface area contributed by atoms with Gasteiger partial charge in [0.2, 0.25) is 0 Å². The van der Waals surface area contributed by atoms with Crippen LogP contribution >= 0.6 is 0 Å². The number of benzene rings is 1. The van der Waals surface area contributed by atoms with Gasteiger partial charge in [0.15, 0.2) is 0 Å². The van der Waals surface area contributed by atoms with E-state index in [0.29, 0.717) is 6.61 Å². The standard InChI is InChI=1S/C17H20O2/c1-2-19-17(18)13-14-8-6-7-11-16(12-14)15-9-4-3-5-10-15/h3-5,9-11,13H,2,6-8,12H2,1H3/b14-13-. The van der Waals surface area contributed by atoms with Crippen molar-refractivity contribution >= 4 is 11.5 Å². The first-order valence-electron chi connectivity index (χ1n) is 6.90. The van der Waals surface area contributed by atoms with Gasteiger partial charge >= 0.3 is 5.97 Å². The zero-order chi connectivity index (χ0) is 13.5. The van der Waals surface area contributed by atoms with Gasteiger partial charge in [0.25, 0.3) is 0 Å². The van der Waals surface area contributed by atoms with Crippen LogP contribution in [0.2, 0.25) is 0 Å². The molecule has 0 bridgehead atoms. The topological polar surface area (TPSA) is 26.3 Å². The molecule has 0 aromatic heterocycles. The van der Waals surface area contributed by atoms with Crippen LogP contribution in [0.15, 0.2) is 48.1 Å². The lowest BCUT2D eigenvalue weighted by molar-refractivity contribution is -0.137. The number of allylic oxidation sites excluding steroid dienone is 3. The molecule has 2 rings (SSSR count). The normalized spacial score (nSPS) is 17.7. The summed E-state index contributed by atoms with van der Waals surface area (Å²) in [6.45, 7) is 2.27. The van der Waals surface area contributed by atoms with Gasteiger partial charge in [0.05, 0.1) is 6.61 Å². The monoisotopic (exact) mass is 256 g/mol. The Morgan fingerprint density at radius 1 is 1.32 bits per heavy atom. The molecule has 0 radical (unpaired) electrons. The maximum atomic E-state index is 11.5. The minimum Gasteiger partial charge on any atom is -0.463 e. The Hall–Kier alpha value is -1.83. The molecule has 2 nitrogen and oxygen atoms in total. The smallest absolute Gasteiger partial charge is 0.330 e. The predicted octanol–water partition coefficient (Wildman–Crippen LogP) is 4.13. The van der Waals surface area contributed by atoms with Crippen LogP contribution in [0.1, 0.15) is 38.2 Å². The Morgan fingerprint density at radius 3 is 2.84 bits per heavy atom. The fourth-order valence-corrected chi connectivity index (χ4v) is 2.36. The molecule has 0 amide bonds. The van der Waals surface area contributed by atoms with Gasteiger partial charge < -0.3 is 4.74 Å². The van der Waals surface area contributed by atoms with E-state index in [1.54, 1.807) is 6.08 Å². The number of rotatable bonds is 3. The van der Waals surface area contributed by atoms with Gasteiger partial charge in [-0.05, 0) is 43.7 Å². The average Bonchev–Trinajstić information content (AvgIpc) is 2.65. The first-order valence-corrected chi connectivity index (χ1v) is 6.90. The first-order chi connectivity index (χ1) is 9.29. The van der Waals surface area contributed by atoms with Gasteiger partial charge in [0.1, 0.15) is 0 Å². The Bertz CT molecular complexity index is 483. The number of carbonyl (C=O) groups excluding carboxylic acids is 1. The molecular formula is C17H20O2. The fourth-order valence-electron chi connectivity index (χ4n) is 2.36.